The summed E-state index contributed by atoms with van der Waals surface area (Å²) in [6.07, 6.45) is 4.43. The number of nitrogens with one attached hydrogen (secondary N) is 1. The smallest absolute Gasteiger partial charge is 0.150 e. The molecule has 0 spiro atoms. The van der Waals surface area contributed by atoms with E-state index in [-0.39, 0.29) is 5.54 Å². The monoisotopic (exact) mass is 281 g/mol. The Bertz CT molecular complexity index is 438. The van der Waals surface area contributed by atoms with Crippen molar-refractivity contribution in [3.05, 3.63) is 11.1 Å². The van der Waals surface area contributed by atoms with Gasteiger partial charge in [-0.05, 0) is 39.2 Å². The summed E-state index contributed by atoms with van der Waals surface area (Å²) in [4.78, 5) is 4.45. The zero-order valence-corrected chi connectivity index (χ0v) is 12.5. The highest BCUT2D eigenvalue weighted by molar-refractivity contribution is 8.00. The Morgan fingerprint density at radius 3 is 3.17 bits per heavy atom. The van der Waals surface area contributed by atoms with Crippen LogP contribution in [0.25, 0.3) is 0 Å². The number of nitrogens with zero attached hydrogens (tertiary/aromatic N) is 2. The minimum atomic E-state index is -0.278. The van der Waals surface area contributed by atoms with Gasteiger partial charge in [0.05, 0.1) is 6.07 Å². The number of nitriles is 1. The molecule has 0 radical (unpaired) electrons. The van der Waals surface area contributed by atoms with Crippen molar-refractivity contribution in [3.8, 4) is 6.07 Å². The van der Waals surface area contributed by atoms with E-state index in [1.54, 1.807) is 11.3 Å². The molecule has 1 fully saturated rings. The lowest BCUT2D eigenvalue weighted by Gasteiger charge is -2.27. The van der Waals surface area contributed by atoms with Crippen molar-refractivity contribution in [3.63, 3.8) is 0 Å². The number of aromatic nitrogens is 1. The minimum absolute atomic E-state index is 0.278. The van der Waals surface area contributed by atoms with Gasteiger partial charge in [-0.25, -0.2) is 4.98 Å². The number of thiazole rings is 1. The Hall–Kier alpha value is -0.570. The van der Waals surface area contributed by atoms with Gasteiger partial charge >= 0.3 is 0 Å². The third-order valence-corrected chi connectivity index (χ3v) is 5.93. The SMILES string of the molecule is CNC1(C#N)CCCC1CCSc1nc(C)cs1. The van der Waals surface area contributed by atoms with Gasteiger partial charge in [0.1, 0.15) is 9.88 Å². The van der Waals surface area contributed by atoms with Crippen LogP contribution in [-0.2, 0) is 0 Å². The fourth-order valence-corrected chi connectivity index (χ4v) is 4.66. The van der Waals surface area contributed by atoms with Gasteiger partial charge in [-0.2, -0.15) is 5.26 Å². The van der Waals surface area contributed by atoms with Crippen LogP contribution in [-0.4, -0.2) is 23.3 Å². The maximum atomic E-state index is 9.38. The quantitative estimate of drug-likeness (QED) is 0.842. The fraction of sp³-hybridized carbons (Fsp3) is 0.692. The number of hydrogen-bond acceptors (Lipinski definition) is 5. The zero-order chi connectivity index (χ0) is 13.0. The second-order valence-corrected chi connectivity index (χ2v) is 7.01. The highest BCUT2D eigenvalue weighted by atomic mass is 32.2. The lowest BCUT2D eigenvalue weighted by atomic mass is 9.87. The molecule has 0 aliphatic heterocycles. The first-order chi connectivity index (χ1) is 8.70. The Morgan fingerprint density at radius 2 is 2.56 bits per heavy atom. The Morgan fingerprint density at radius 1 is 1.72 bits per heavy atom. The molecular formula is C13H19N3S2. The molecule has 1 heterocycles. The third-order valence-electron chi connectivity index (χ3n) is 3.76. The zero-order valence-electron chi connectivity index (χ0n) is 10.9. The third kappa shape index (κ3) is 2.87. The number of hydrogen-bond donors (Lipinski definition) is 1. The van der Waals surface area contributed by atoms with Crippen molar-refractivity contribution in [2.24, 2.45) is 5.92 Å². The van der Waals surface area contributed by atoms with E-state index < -0.39 is 0 Å². The summed E-state index contributed by atoms with van der Waals surface area (Å²) < 4.78 is 1.15. The number of aryl methyl sites for hydroxylation is 1. The first kappa shape index (κ1) is 13.9. The normalized spacial score (nSPS) is 27.3. The minimum Gasteiger partial charge on any atom is -0.302 e. The molecule has 2 atom stereocenters. The maximum Gasteiger partial charge on any atom is 0.150 e. The molecule has 0 bridgehead atoms. The predicted molar refractivity (Wildman–Crippen MR) is 76.9 cm³/mol. The molecule has 1 aliphatic rings. The van der Waals surface area contributed by atoms with E-state index in [2.05, 4.69) is 21.8 Å². The predicted octanol–water partition coefficient (Wildman–Crippen LogP) is 3.22. The van der Waals surface area contributed by atoms with Gasteiger partial charge in [0, 0.05) is 16.8 Å². The lowest BCUT2D eigenvalue weighted by molar-refractivity contribution is 0.332. The first-order valence-corrected chi connectivity index (χ1v) is 8.22. The number of thioether (sulfide) groups is 1. The first-order valence-electron chi connectivity index (χ1n) is 6.35. The number of rotatable bonds is 5. The molecular weight excluding hydrogens is 262 g/mol. The van der Waals surface area contributed by atoms with E-state index in [0.717, 1.165) is 28.6 Å². The molecule has 0 amide bonds. The molecule has 18 heavy (non-hydrogen) atoms. The Balaban J connectivity index is 1.85. The fourth-order valence-electron chi connectivity index (χ4n) is 2.69. The van der Waals surface area contributed by atoms with Gasteiger partial charge in [-0.3, -0.25) is 0 Å². The standard InChI is InChI=1S/C13H19N3S2/c1-10-8-18-12(16-10)17-7-5-11-4-3-6-13(11,9-14)15-2/h8,11,15H,3-7H2,1-2H3. The lowest BCUT2D eigenvalue weighted by Crippen LogP contribution is -2.44. The second kappa shape index (κ2) is 6.05. The van der Waals surface area contributed by atoms with E-state index >= 15 is 0 Å². The highest BCUT2D eigenvalue weighted by Crippen LogP contribution is 2.38. The van der Waals surface area contributed by atoms with Crippen molar-refractivity contribution in [2.45, 2.75) is 42.5 Å². The maximum absolute atomic E-state index is 9.38. The molecule has 0 saturated heterocycles. The van der Waals surface area contributed by atoms with Crippen molar-refractivity contribution in [2.75, 3.05) is 12.8 Å². The van der Waals surface area contributed by atoms with E-state index in [1.165, 1.54) is 12.8 Å². The summed E-state index contributed by atoms with van der Waals surface area (Å²) in [6.45, 7) is 2.03. The second-order valence-electron chi connectivity index (χ2n) is 4.81. The van der Waals surface area contributed by atoms with Crippen molar-refractivity contribution < 1.29 is 0 Å². The topological polar surface area (TPSA) is 48.7 Å². The molecule has 1 aromatic heterocycles. The Kier molecular flexibility index (Phi) is 4.66. The van der Waals surface area contributed by atoms with Crippen LogP contribution < -0.4 is 5.32 Å². The summed E-state index contributed by atoms with van der Waals surface area (Å²) in [5, 5.41) is 14.7. The van der Waals surface area contributed by atoms with Crippen LogP contribution in [0, 0.1) is 24.2 Å². The summed E-state index contributed by atoms with van der Waals surface area (Å²) in [5.41, 5.74) is 0.823. The summed E-state index contributed by atoms with van der Waals surface area (Å²) in [7, 11) is 1.92. The molecule has 0 aromatic carbocycles. The van der Waals surface area contributed by atoms with E-state index in [9.17, 15) is 5.26 Å². The van der Waals surface area contributed by atoms with Crippen LogP contribution in [0.15, 0.2) is 9.72 Å². The average molecular weight is 281 g/mol. The van der Waals surface area contributed by atoms with Crippen LogP contribution in [0.1, 0.15) is 31.4 Å². The van der Waals surface area contributed by atoms with Crippen LogP contribution in [0.2, 0.25) is 0 Å². The summed E-state index contributed by atoms with van der Waals surface area (Å²) in [6, 6.07) is 2.50. The van der Waals surface area contributed by atoms with Crippen LogP contribution in [0.4, 0.5) is 0 Å². The molecule has 1 N–H and O–H groups in total. The van der Waals surface area contributed by atoms with E-state index in [0.29, 0.717) is 5.92 Å². The molecule has 2 unspecified atom stereocenters. The van der Waals surface area contributed by atoms with Gasteiger partial charge in [0.2, 0.25) is 0 Å². The summed E-state index contributed by atoms with van der Waals surface area (Å²) in [5.74, 6) is 1.55. The molecule has 1 aliphatic carbocycles. The molecule has 5 heteroatoms. The van der Waals surface area contributed by atoms with Crippen LogP contribution in [0.3, 0.4) is 0 Å². The van der Waals surface area contributed by atoms with Gasteiger partial charge in [-0.15, -0.1) is 11.3 Å². The summed E-state index contributed by atoms with van der Waals surface area (Å²) >= 11 is 3.53. The average Bonchev–Trinajstić information content (AvgIpc) is 2.97. The van der Waals surface area contributed by atoms with Gasteiger partial charge in [0.15, 0.2) is 0 Å². The molecule has 98 valence electrons. The van der Waals surface area contributed by atoms with Gasteiger partial charge < -0.3 is 5.32 Å². The van der Waals surface area contributed by atoms with Crippen molar-refractivity contribution in [1.29, 1.82) is 5.26 Å². The molecule has 3 nitrogen and oxygen atoms in total. The van der Waals surface area contributed by atoms with Gasteiger partial charge in [-0.1, -0.05) is 18.2 Å². The molecule has 1 aromatic rings. The Labute approximate surface area is 117 Å². The van der Waals surface area contributed by atoms with Crippen LogP contribution >= 0.6 is 23.1 Å². The molecule has 2 rings (SSSR count). The van der Waals surface area contributed by atoms with Gasteiger partial charge in [0.25, 0.3) is 0 Å². The van der Waals surface area contributed by atoms with Crippen molar-refractivity contribution in [1.82, 2.24) is 10.3 Å². The highest BCUT2D eigenvalue weighted by Gasteiger charge is 2.41. The van der Waals surface area contributed by atoms with E-state index in [4.69, 9.17) is 0 Å². The molecule has 1 saturated carbocycles. The van der Waals surface area contributed by atoms with Crippen LogP contribution in [0.5, 0.6) is 0 Å². The largest absolute Gasteiger partial charge is 0.302 e. The van der Waals surface area contributed by atoms with E-state index in [1.807, 2.05) is 25.7 Å². The van der Waals surface area contributed by atoms with Crippen molar-refractivity contribution >= 4 is 23.1 Å².